The van der Waals surface area contributed by atoms with Crippen molar-refractivity contribution in [3.8, 4) is 0 Å². The van der Waals surface area contributed by atoms with Crippen molar-refractivity contribution in [2.45, 2.75) is 18.9 Å². The van der Waals surface area contributed by atoms with E-state index < -0.39 is 0 Å². The van der Waals surface area contributed by atoms with E-state index in [9.17, 15) is 4.79 Å². The van der Waals surface area contributed by atoms with E-state index >= 15 is 0 Å². The van der Waals surface area contributed by atoms with Crippen molar-refractivity contribution >= 4 is 22.6 Å². The highest BCUT2D eigenvalue weighted by molar-refractivity contribution is 5.93. The summed E-state index contributed by atoms with van der Waals surface area (Å²) in [7, 11) is 0. The van der Waals surface area contributed by atoms with Crippen LogP contribution in [0, 0.1) is 0 Å². The lowest BCUT2D eigenvalue weighted by Gasteiger charge is -2.33. The molecule has 0 saturated carbocycles. The number of hydrogen-bond donors (Lipinski definition) is 0. The van der Waals surface area contributed by atoms with Gasteiger partial charge in [0, 0.05) is 25.0 Å². The lowest BCUT2D eigenvalue weighted by Crippen LogP contribution is -2.50. The summed E-state index contributed by atoms with van der Waals surface area (Å²) >= 11 is 0. The highest BCUT2D eigenvalue weighted by Crippen LogP contribution is 2.30. The lowest BCUT2D eigenvalue weighted by atomic mass is 10.1. The predicted octanol–water partition coefficient (Wildman–Crippen LogP) is 1.46. The van der Waals surface area contributed by atoms with Crippen LogP contribution in [0.5, 0.6) is 0 Å². The Morgan fingerprint density at radius 3 is 2.83 bits per heavy atom. The van der Waals surface area contributed by atoms with E-state index in [1.165, 1.54) is 0 Å². The molecule has 3 heterocycles. The zero-order valence-corrected chi connectivity index (χ0v) is 13.0. The number of nitrogens with zero attached hydrogens (tertiary/aromatic N) is 4. The van der Waals surface area contributed by atoms with Crippen molar-refractivity contribution in [3.05, 3.63) is 30.6 Å². The molecule has 4 rings (SSSR count). The quantitative estimate of drug-likeness (QED) is 0.840. The minimum absolute atomic E-state index is 0.119. The average molecular weight is 312 g/mol. The van der Waals surface area contributed by atoms with Crippen molar-refractivity contribution in [2.75, 3.05) is 37.7 Å². The number of para-hydroxylation sites is 1. The molecule has 0 bridgehead atoms. The molecule has 23 heavy (non-hydrogen) atoms. The maximum absolute atomic E-state index is 12.9. The molecule has 1 aromatic heterocycles. The van der Waals surface area contributed by atoms with E-state index in [-0.39, 0.29) is 11.9 Å². The fraction of sp³-hybridized carbons (Fsp3) is 0.471. The Labute approximate surface area is 135 Å². The van der Waals surface area contributed by atoms with Crippen LogP contribution in [-0.2, 0) is 9.53 Å². The van der Waals surface area contributed by atoms with Crippen LogP contribution in [0.4, 0.5) is 5.82 Å². The molecule has 1 atom stereocenters. The Kier molecular flexibility index (Phi) is 3.83. The number of carbonyl (C=O) groups excluding carboxylic acids is 1. The molecule has 0 aliphatic carbocycles. The topological polar surface area (TPSA) is 58.6 Å². The zero-order valence-electron chi connectivity index (χ0n) is 13.0. The van der Waals surface area contributed by atoms with Crippen molar-refractivity contribution < 1.29 is 9.53 Å². The zero-order chi connectivity index (χ0) is 15.6. The molecule has 2 fully saturated rings. The minimum atomic E-state index is -0.119. The summed E-state index contributed by atoms with van der Waals surface area (Å²) in [6.45, 7) is 3.51. The van der Waals surface area contributed by atoms with Crippen molar-refractivity contribution in [2.24, 2.45) is 0 Å². The van der Waals surface area contributed by atoms with E-state index in [0.29, 0.717) is 26.3 Å². The van der Waals surface area contributed by atoms with Gasteiger partial charge in [-0.1, -0.05) is 12.1 Å². The molecule has 6 heteroatoms. The number of amides is 1. The van der Waals surface area contributed by atoms with Gasteiger partial charge in [-0.15, -0.1) is 0 Å². The smallest absolute Gasteiger partial charge is 0.245 e. The van der Waals surface area contributed by atoms with E-state index in [0.717, 1.165) is 36.1 Å². The van der Waals surface area contributed by atoms with E-state index in [2.05, 4.69) is 14.9 Å². The van der Waals surface area contributed by atoms with Crippen molar-refractivity contribution in [3.63, 3.8) is 0 Å². The first-order chi connectivity index (χ1) is 11.3. The summed E-state index contributed by atoms with van der Waals surface area (Å²) in [5, 5.41) is 1.01. The van der Waals surface area contributed by atoms with Gasteiger partial charge in [-0.3, -0.25) is 4.79 Å². The summed E-state index contributed by atoms with van der Waals surface area (Å²) in [4.78, 5) is 25.8. The average Bonchev–Trinajstić information content (AvgIpc) is 3.11. The molecule has 0 N–H and O–H groups in total. The SMILES string of the molecule is O=C(C1CCCN1c1ncnc2ccccc12)N1CCOCC1. The van der Waals surface area contributed by atoms with E-state index in [1.54, 1.807) is 6.33 Å². The highest BCUT2D eigenvalue weighted by atomic mass is 16.5. The Balaban J connectivity index is 1.65. The highest BCUT2D eigenvalue weighted by Gasteiger charge is 2.35. The molecular weight excluding hydrogens is 292 g/mol. The number of carbonyl (C=O) groups is 1. The van der Waals surface area contributed by atoms with Gasteiger partial charge in [-0.25, -0.2) is 9.97 Å². The van der Waals surface area contributed by atoms with E-state index in [4.69, 9.17) is 4.74 Å². The molecule has 2 saturated heterocycles. The minimum Gasteiger partial charge on any atom is -0.378 e. The number of hydrogen-bond acceptors (Lipinski definition) is 5. The molecule has 1 unspecified atom stereocenters. The third kappa shape index (κ3) is 2.63. The Hall–Kier alpha value is -2.21. The fourth-order valence-electron chi connectivity index (χ4n) is 3.49. The normalized spacial score (nSPS) is 21.8. The number of fused-ring (bicyclic) bond motifs is 1. The molecule has 2 aliphatic heterocycles. The van der Waals surface area contributed by atoms with Crippen LogP contribution in [0.3, 0.4) is 0 Å². The van der Waals surface area contributed by atoms with Crippen LogP contribution in [0.15, 0.2) is 30.6 Å². The number of aromatic nitrogens is 2. The second-order valence-electron chi connectivity index (χ2n) is 6.00. The largest absolute Gasteiger partial charge is 0.378 e. The summed E-state index contributed by atoms with van der Waals surface area (Å²) in [6.07, 6.45) is 3.49. The van der Waals surface area contributed by atoms with E-state index in [1.807, 2.05) is 29.2 Å². The van der Waals surface area contributed by atoms with Gasteiger partial charge in [0.15, 0.2) is 0 Å². The van der Waals surface area contributed by atoms with Crippen LogP contribution in [0.25, 0.3) is 10.9 Å². The standard InChI is InChI=1S/C17H20N4O2/c22-17(20-8-10-23-11-9-20)15-6-3-7-21(15)16-13-4-1-2-5-14(13)18-12-19-16/h1-2,4-5,12,15H,3,6-11H2. The maximum Gasteiger partial charge on any atom is 0.245 e. The number of morpholine rings is 1. The molecule has 2 aromatic rings. The van der Waals surface area contributed by atoms with Crippen LogP contribution < -0.4 is 4.90 Å². The maximum atomic E-state index is 12.9. The van der Waals surface area contributed by atoms with Gasteiger partial charge < -0.3 is 14.5 Å². The second-order valence-corrected chi connectivity index (χ2v) is 6.00. The molecule has 120 valence electrons. The summed E-state index contributed by atoms with van der Waals surface area (Å²) in [5.74, 6) is 1.08. The molecule has 2 aliphatic rings. The Morgan fingerprint density at radius 1 is 1.13 bits per heavy atom. The van der Waals surface area contributed by atoms with Crippen LogP contribution in [-0.4, -0.2) is 59.7 Å². The van der Waals surface area contributed by atoms with Crippen LogP contribution >= 0.6 is 0 Å². The van der Waals surface area contributed by atoms with Gasteiger partial charge in [0.2, 0.25) is 5.91 Å². The first kappa shape index (κ1) is 14.4. The fourth-order valence-corrected chi connectivity index (χ4v) is 3.49. The molecule has 6 nitrogen and oxygen atoms in total. The van der Waals surface area contributed by atoms with Gasteiger partial charge in [0.05, 0.1) is 18.7 Å². The van der Waals surface area contributed by atoms with Gasteiger partial charge in [0.25, 0.3) is 0 Å². The lowest BCUT2D eigenvalue weighted by molar-refractivity contribution is -0.136. The summed E-state index contributed by atoms with van der Waals surface area (Å²) < 4.78 is 5.35. The molecule has 1 aromatic carbocycles. The monoisotopic (exact) mass is 312 g/mol. The predicted molar refractivity (Wildman–Crippen MR) is 87.3 cm³/mol. The molecule has 0 spiro atoms. The number of benzene rings is 1. The van der Waals surface area contributed by atoms with Crippen molar-refractivity contribution in [1.82, 2.24) is 14.9 Å². The number of anilines is 1. The van der Waals surface area contributed by atoms with Gasteiger partial charge in [-0.2, -0.15) is 0 Å². The van der Waals surface area contributed by atoms with Gasteiger partial charge in [-0.05, 0) is 25.0 Å². The number of ether oxygens (including phenoxy) is 1. The van der Waals surface area contributed by atoms with Crippen LogP contribution in [0.1, 0.15) is 12.8 Å². The van der Waals surface area contributed by atoms with Crippen LogP contribution in [0.2, 0.25) is 0 Å². The molecule has 0 radical (unpaired) electrons. The molecule has 1 amide bonds. The third-order valence-electron chi connectivity index (χ3n) is 4.65. The van der Waals surface area contributed by atoms with Gasteiger partial charge in [0.1, 0.15) is 18.2 Å². The number of rotatable bonds is 2. The Morgan fingerprint density at radius 2 is 1.96 bits per heavy atom. The van der Waals surface area contributed by atoms with Gasteiger partial charge >= 0.3 is 0 Å². The third-order valence-corrected chi connectivity index (χ3v) is 4.65. The first-order valence-corrected chi connectivity index (χ1v) is 8.17. The second kappa shape index (κ2) is 6.12. The first-order valence-electron chi connectivity index (χ1n) is 8.17. The summed E-state index contributed by atoms with van der Waals surface area (Å²) in [5.41, 5.74) is 0.918. The van der Waals surface area contributed by atoms with Crippen molar-refractivity contribution in [1.29, 1.82) is 0 Å². The Bertz CT molecular complexity index is 709. The summed E-state index contributed by atoms with van der Waals surface area (Å²) in [6, 6.07) is 7.85. The molecular formula is C17H20N4O2.